The summed E-state index contributed by atoms with van der Waals surface area (Å²) in [5.41, 5.74) is 6.90. The van der Waals surface area contributed by atoms with E-state index in [-0.39, 0.29) is 24.8 Å². The van der Waals surface area contributed by atoms with Crippen LogP contribution in [0.1, 0.15) is 25.7 Å². The summed E-state index contributed by atoms with van der Waals surface area (Å²) in [6, 6.07) is 8.04. The molecule has 0 radical (unpaired) electrons. The second-order valence-corrected chi connectivity index (χ2v) is 6.46. The predicted octanol–water partition coefficient (Wildman–Crippen LogP) is 4.40. The maximum absolute atomic E-state index is 6.03. The number of piperidine rings is 1. The van der Waals surface area contributed by atoms with Gasteiger partial charge in [0.05, 0.1) is 12.7 Å². The lowest BCUT2D eigenvalue weighted by molar-refractivity contribution is 0.0901. The topological polar surface area (TPSA) is 55.3 Å². The van der Waals surface area contributed by atoms with E-state index >= 15 is 0 Å². The van der Waals surface area contributed by atoms with Crippen LogP contribution in [0.25, 0.3) is 11.3 Å². The van der Waals surface area contributed by atoms with Crippen LogP contribution in [-0.4, -0.2) is 29.0 Å². The van der Waals surface area contributed by atoms with E-state index < -0.39 is 0 Å². The number of nitrogens with two attached hydrogens (primary N) is 1. The molecule has 1 fully saturated rings. The third-order valence-corrected chi connectivity index (χ3v) is 4.71. The van der Waals surface area contributed by atoms with Gasteiger partial charge in [-0.3, -0.25) is 4.90 Å². The van der Waals surface area contributed by atoms with Crippen molar-refractivity contribution in [2.24, 2.45) is 11.7 Å². The van der Waals surface area contributed by atoms with Crippen molar-refractivity contribution in [2.45, 2.75) is 32.4 Å². The summed E-state index contributed by atoms with van der Waals surface area (Å²) in [6.07, 6.45) is 4.23. The summed E-state index contributed by atoms with van der Waals surface area (Å²) in [7, 11) is 0. The molecule has 1 saturated heterocycles. The number of rotatable bonds is 4. The molecule has 1 aromatic carbocycles. The summed E-state index contributed by atoms with van der Waals surface area (Å²) < 4.78 is 5.90. The zero-order chi connectivity index (χ0) is 15.5. The molecular weight excluding hydrogens is 369 g/mol. The third-order valence-electron chi connectivity index (χ3n) is 4.47. The van der Waals surface area contributed by atoms with Crippen molar-refractivity contribution in [1.82, 2.24) is 9.88 Å². The minimum atomic E-state index is 0. The molecule has 3 rings (SSSR count). The van der Waals surface area contributed by atoms with Gasteiger partial charge in [0, 0.05) is 23.2 Å². The molecule has 1 aromatic heterocycles. The number of likely N-dealkylation sites (tertiary alicyclic amines) is 1. The Hall–Kier alpha value is -0.780. The molecule has 0 saturated carbocycles. The molecule has 0 spiro atoms. The van der Waals surface area contributed by atoms with Gasteiger partial charge >= 0.3 is 0 Å². The molecule has 0 aliphatic carbocycles. The van der Waals surface area contributed by atoms with E-state index in [1.165, 1.54) is 12.8 Å². The average molecular weight is 393 g/mol. The van der Waals surface area contributed by atoms with Crippen molar-refractivity contribution < 1.29 is 4.42 Å². The van der Waals surface area contributed by atoms with Crippen LogP contribution in [0.2, 0.25) is 5.02 Å². The molecule has 24 heavy (non-hydrogen) atoms. The van der Waals surface area contributed by atoms with E-state index in [9.17, 15) is 0 Å². The van der Waals surface area contributed by atoms with Crippen molar-refractivity contribution >= 4 is 36.4 Å². The molecule has 1 aliphatic heterocycles. The lowest BCUT2D eigenvalue weighted by Gasteiger charge is -2.38. The first-order chi connectivity index (χ1) is 10.7. The van der Waals surface area contributed by atoms with E-state index in [1.807, 2.05) is 24.3 Å². The minimum Gasteiger partial charge on any atom is -0.439 e. The number of benzene rings is 1. The predicted molar refractivity (Wildman–Crippen MR) is 103 cm³/mol. The molecular formula is C17H24Cl3N3O. The number of hydrogen-bond donors (Lipinski definition) is 1. The fourth-order valence-electron chi connectivity index (χ4n) is 3.24. The Bertz CT molecular complexity index is 635. The Labute approximate surface area is 160 Å². The average Bonchev–Trinajstić information content (AvgIpc) is 2.96. The van der Waals surface area contributed by atoms with Crippen LogP contribution in [-0.2, 0) is 6.54 Å². The van der Waals surface area contributed by atoms with Gasteiger partial charge in [-0.25, -0.2) is 4.98 Å². The number of oxazole rings is 1. The minimum absolute atomic E-state index is 0. The highest BCUT2D eigenvalue weighted by Gasteiger charge is 2.28. The maximum atomic E-state index is 6.03. The Kier molecular flexibility index (Phi) is 8.54. The van der Waals surface area contributed by atoms with E-state index in [1.54, 1.807) is 6.20 Å². The normalized spacial score (nSPS) is 21.0. The fraction of sp³-hybridized carbons (Fsp3) is 0.471. The van der Waals surface area contributed by atoms with Crippen molar-refractivity contribution in [3.63, 3.8) is 0 Å². The summed E-state index contributed by atoms with van der Waals surface area (Å²) in [6.45, 7) is 4.73. The zero-order valence-corrected chi connectivity index (χ0v) is 16.0. The van der Waals surface area contributed by atoms with Crippen molar-refractivity contribution in [2.75, 3.05) is 13.1 Å². The molecule has 134 valence electrons. The lowest BCUT2D eigenvalue weighted by Crippen LogP contribution is -2.48. The molecule has 2 N–H and O–H groups in total. The number of hydrogen-bond acceptors (Lipinski definition) is 4. The van der Waals surface area contributed by atoms with Gasteiger partial charge in [-0.1, -0.05) is 30.7 Å². The van der Waals surface area contributed by atoms with Crippen LogP contribution in [0.15, 0.2) is 34.9 Å². The molecule has 2 aromatic rings. The Morgan fingerprint density at radius 3 is 2.88 bits per heavy atom. The zero-order valence-electron chi connectivity index (χ0n) is 13.7. The van der Waals surface area contributed by atoms with Crippen LogP contribution in [0.5, 0.6) is 0 Å². The van der Waals surface area contributed by atoms with Gasteiger partial charge in [0.2, 0.25) is 5.89 Å². The smallest absolute Gasteiger partial charge is 0.209 e. The van der Waals surface area contributed by atoms with E-state index in [2.05, 4.69) is 16.8 Å². The monoisotopic (exact) mass is 391 g/mol. The first-order valence-electron chi connectivity index (χ1n) is 7.82. The largest absolute Gasteiger partial charge is 0.439 e. The molecule has 0 amide bonds. The van der Waals surface area contributed by atoms with Crippen LogP contribution in [0.3, 0.4) is 0 Å². The quantitative estimate of drug-likeness (QED) is 0.838. The van der Waals surface area contributed by atoms with Crippen LogP contribution >= 0.6 is 36.4 Å². The molecule has 2 heterocycles. The summed E-state index contributed by atoms with van der Waals surface area (Å²) in [4.78, 5) is 6.81. The number of aromatic nitrogens is 1. The van der Waals surface area contributed by atoms with Crippen molar-refractivity contribution in [3.05, 3.63) is 41.4 Å². The van der Waals surface area contributed by atoms with Gasteiger partial charge in [-0.05, 0) is 37.4 Å². The molecule has 1 aliphatic rings. The molecule has 0 bridgehead atoms. The standard InChI is InChI=1S/C17H22ClN3O.2ClH/c1-12-4-3-7-21(15(12)9-19)11-17-20-10-16(22-17)13-5-2-6-14(18)8-13;;/h2,5-6,8,10,12,15H,3-4,7,9,11,19H2,1H3;2*1H. The molecule has 4 nitrogen and oxygen atoms in total. The fourth-order valence-corrected chi connectivity index (χ4v) is 3.43. The Morgan fingerprint density at radius 1 is 1.38 bits per heavy atom. The molecule has 2 atom stereocenters. The van der Waals surface area contributed by atoms with Gasteiger partial charge in [-0.15, -0.1) is 24.8 Å². The highest BCUT2D eigenvalue weighted by Crippen LogP contribution is 2.27. The first-order valence-corrected chi connectivity index (χ1v) is 8.20. The first kappa shape index (κ1) is 21.3. The van der Waals surface area contributed by atoms with Crippen molar-refractivity contribution in [3.8, 4) is 11.3 Å². The van der Waals surface area contributed by atoms with E-state index in [0.717, 1.165) is 23.8 Å². The van der Waals surface area contributed by atoms with Gasteiger partial charge < -0.3 is 10.2 Å². The highest BCUT2D eigenvalue weighted by atomic mass is 35.5. The Balaban J connectivity index is 0.00000144. The summed E-state index contributed by atoms with van der Waals surface area (Å²) >= 11 is 6.03. The maximum Gasteiger partial charge on any atom is 0.209 e. The van der Waals surface area contributed by atoms with Crippen molar-refractivity contribution in [1.29, 1.82) is 0 Å². The number of nitrogens with zero attached hydrogens (tertiary/aromatic N) is 2. The van der Waals surface area contributed by atoms with Gasteiger partial charge in [-0.2, -0.15) is 0 Å². The van der Waals surface area contributed by atoms with E-state index in [4.69, 9.17) is 21.8 Å². The van der Waals surface area contributed by atoms with Crippen LogP contribution in [0.4, 0.5) is 0 Å². The van der Waals surface area contributed by atoms with Gasteiger partial charge in [0.1, 0.15) is 0 Å². The lowest BCUT2D eigenvalue weighted by atomic mass is 9.91. The SMILES string of the molecule is CC1CCCN(Cc2ncc(-c3cccc(Cl)c3)o2)C1CN.Cl.Cl. The second-order valence-electron chi connectivity index (χ2n) is 6.02. The molecule has 2 unspecified atom stereocenters. The molecule has 7 heteroatoms. The summed E-state index contributed by atoms with van der Waals surface area (Å²) in [5.74, 6) is 2.12. The number of halogens is 3. The third kappa shape index (κ3) is 4.87. The summed E-state index contributed by atoms with van der Waals surface area (Å²) in [5, 5.41) is 0.698. The van der Waals surface area contributed by atoms with E-state index in [0.29, 0.717) is 30.1 Å². The Morgan fingerprint density at radius 2 is 2.17 bits per heavy atom. The second kappa shape index (κ2) is 9.64. The van der Waals surface area contributed by atoms with Crippen LogP contribution in [0, 0.1) is 5.92 Å². The highest BCUT2D eigenvalue weighted by molar-refractivity contribution is 6.30. The van der Waals surface area contributed by atoms with Gasteiger partial charge in [0.25, 0.3) is 0 Å². The van der Waals surface area contributed by atoms with Crippen LogP contribution < -0.4 is 5.73 Å². The van der Waals surface area contributed by atoms with Gasteiger partial charge in [0.15, 0.2) is 5.76 Å².